The van der Waals surface area contributed by atoms with E-state index < -0.39 is 62.4 Å². The standard InChI is InChI=1S/C29H19ClF5N3O4S/c30-23-2-1-19(31)12-21(23)26-25-22(28(40)38-26)7-16(14-43(41,42)13-15-3-5-36-6-4-15)8-24(25)37-27(39)17-9-18(29(33,34)35)11-20(32)10-17/h1-12,26H,13-14H2,(H,37,39)(H,38,40). The van der Waals surface area contributed by atoms with E-state index in [2.05, 4.69) is 15.6 Å². The van der Waals surface area contributed by atoms with Crippen LogP contribution in [0.2, 0.25) is 5.02 Å². The second kappa shape index (κ2) is 11.4. The minimum atomic E-state index is -4.95. The van der Waals surface area contributed by atoms with E-state index in [9.17, 15) is 40.0 Å². The first-order valence-corrected chi connectivity index (χ1v) is 14.6. The van der Waals surface area contributed by atoms with Gasteiger partial charge in [0.15, 0.2) is 9.84 Å². The molecule has 0 saturated heterocycles. The summed E-state index contributed by atoms with van der Waals surface area (Å²) < 4.78 is 94.2. The maximum atomic E-state index is 14.2. The minimum Gasteiger partial charge on any atom is -0.341 e. The summed E-state index contributed by atoms with van der Waals surface area (Å²) in [5, 5.41) is 5.06. The number of benzene rings is 3. The zero-order valence-electron chi connectivity index (χ0n) is 21.7. The van der Waals surface area contributed by atoms with Crippen molar-refractivity contribution in [2.45, 2.75) is 23.7 Å². The Balaban J connectivity index is 1.60. The number of hydrogen-bond acceptors (Lipinski definition) is 5. The average Bonchev–Trinajstić information content (AvgIpc) is 3.25. The number of carbonyl (C=O) groups excluding carboxylic acids is 2. The number of halogens is 6. The third kappa shape index (κ3) is 6.67. The van der Waals surface area contributed by atoms with Gasteiger partial charge < -0.3 is 10.6 Å². The highest BCUT2D eigenvalue weighted by Crippen LogP contribution is 2.41. The molecule has 0 saturated carbocycles. The lowest BCUT2D eigenvalue weighted by Gasteiger charge is -2.19. The summed E-state index contributed by atoms with van der Waals surface area (Å²) in [5.74, 6) is -4.83. The van der Waals surface area contributed by atoms with Crippen LogP contribution in [-0.2, 0) is 27.5 Å². The first-order chi connectivity index (χ1) is 20.2. The number of hydrogen-bond donors (Lipinski definition) is 2. The molecule has 2 heterocycles. The van der Waals surface area contributed by atoms with Crippen molar-refractivity contribution in [2.75, 3.05) is 5.32 Å². The lowest BCUT2D eigenvalue weighted by molar-refractivity contribution is -0.137. The maximum Gasteiger partial charge on any atom is 0.416 e. The van der Waals surface area contributed by atoms with Gasteiger partial charge in [-0.25, -0.2) is 17.2 Å². The van der Waals surface area contributed by atoms with Crippen molar-refractivity contribution < 1.29 is 40.0 Å². The lowest BCUT2D eigenvalue weighted by Crippen LogP contribution is -2.21. The van der Waals surface area contributed by atoms with Crippen molar-refractivity contribution >= 4 is 38.9 Å². The van der Waals surface area contributed by atoms with Gasteiger partial charge >= 0.3 is 6.18 Å². The van der Waals surface area contributed by atoms with Crippen LogP contribution in [0.5, 0.6) is 0 Å². The normalized spacial score (nSPS) is 14.7. The van der Waals surface area contributed by atoms with Crippen molar-refractivity contribution in [1.82, 2.24) is 10.3 Å². The molecule has 0 aliphatic carbocycles. The van der Waals surface area contributed by atoms with Crippen LogP contribution in [0.1, 0.15) is 54.6 Å². The summed E-state index contributed by atoms with van der Waals surface area (Å²) >= 11 is 6.28. The highest BCUT2D eigenvalue weighted by atomic mass is 35.5. The molecule has 1 unspecified atom stereocenters. The van der Waals surface area contributed by atoms with Crippen molar-refractivity contribution in [3.05, 3.63) is 129 Å². The molecular formula is C29H19ClF5N3O4S. The number of alkyl halides is 3. The van der Waals surface area contributed by atoms with Gasteiger partial charge in [-0.2, -0.15) is 13.2 Å². The monoisotopic (exact) mass is 635 g/mol. The molecule has 0 fully saturated rings. The van der Waals surface area contributed by atoms with E-state index in [1.54, 1.807) is 0 Å². The number of amides is 2. The number of anilines is 1. The fourth-order valence-corrected chi connectivity index (χ4v) is 6.47. The molecular weight excluding hydrogens is 617 g/mol. The highest BCUT2D eigenvalue weighted by molar-refractivity contribution is 7.89. The number of fused-ring (bicyclic) bond motifs is 1. The highest BCUT2D eigenvalue weighted by Gasteiger charge is 2.36. The Kier molecular flexibility index (Phi) is 7.97. The van der Waals surface area contributed by atoms with Gasteiger partial charge in [0.05, 0.1) is 23.1 Å². The first kappa shape index (κ1) is 30.1. The van der Waals surface area contributed by atoms with E-state index in [0.29, 0.717) is 17.7 Å². The Labute approximate surface area is 246 Å². The number of aromatic nitrogens is 1. The lowest BCUT2D eigenvalue weighted by atomic mass is 9.94. The van der Waals surface area contributed by atoms with Crippen LogP contribution in [0.25, 0.3) is 0 Å². The van der Waals surface area contributed by atoms with Crippen molar-refractivity contribution in [3.63, 3.8) is 0 Å². The quantitative estimate of drug-likeness (QED) is 0.234. The Morgan fingerprint density at radius 1 is 0.930 bits per heavy atom. The van der Waals surface area contributed by atoms with Gasteiger partial charge in [0.1, 0.15) is 11.6 Å². The van der Waals surface area contributed by atoms with Gasteiger partial charge in [-0.05, 0) is 71.8 Å². The smallest absolute Gasteiger partial charge is 0.341 e. The first-order valence-electron chi connectivity index (χ1n) is 12.4. The molecule has 1 atom stereocenters. The fourth-order valence-electron chi connectivity index (χ4n) is 4.77. The summed E-state index contributed by atoms with van der Waals surface area (Å²) in [4.78, 5) is 30.1. The third-order valence-electron chi connectivity index (χ3n) is 6.58. The molecule has 0 bridgehead atoms. The van der Waals surface area contributed by atoms with Crippen molar-refractivity contribution in [1.29, 1.82) is 0 Å². The van der Waals surface area contributed by atoms with Crippen molar-refractivity contribution in [2.24, 2.45) is 0 Å². The molecule has 1 aromatic heterocycles. The predicted octanol–water partition coefficient (Wildman–Crippen LogP) is 6.23. The Morgan fingerprint density at radius 2 is 1.63 bits per heavy atom. The van der Waals surface area contributed by atoms with Crippen LogP contribution in [0.4, 0.5) is 27.6 Å². The number of rotatable bonds is 7. The molecule has 1 aliphatic rings. The topological polar surface area (TPSA) is 105 Å². The molecule has 5 rings (SSSR count). The summed E-state index contributed by atoms with van der Waals surface area (Å²) in [6, 6.07) is 9.11. The summed E-state index contributed by atoms with van der Waals surface area (Å²) in [6.07, 6.45) is -2.10. The summed E-state index contributed by atoms with van der Waals surface area (Å²) in [6.45, 7) is 0. The van der Waals surface area contributed by atoms with E-state index in [1.807, 2.05) is 0 Å². The molecule has 2 amide bonds. The summed E-state index contributed by atoms with van der Waals surface area (Å²) in [5.41, 5.74) is -1.64. The van der Waals surface area contributed by atoms with E-state index >= 15 is 0 Å². The predicted molar refractivity (Wildman–Crippen MR) is 147 cm³/mol. The van der Waals surface area contributed by atoms with Crippen molar-refractivity contribution in [3.8, 4) is 0 Å². The SMILES string of the molecule is O=C(Nc1cc(CS(=O)(=O)Cc2ccncc2)cc2c1C(c1cc(F)ccc1Cl)NC2=O)c1cc(F)cc(C(F)(F)F)c1. The maximum absolute atomic E-state index is 14.2. The molecule has 43 heavy (non-hydrogen) atoms. The molecule has 7 nitrogen and oxygen atoms in total. The Bertz CT molecular complexity index is 1870. The largest absolute Gasteiger partial charge is 0.416 e. The van der Waals surface area contributed by atoms with Gasteiger partial charge in [0.2, 0.25) is 0 Å². The number of sulfone groups is 1. The zero-order chi connectivity index (χ0) is 31.1. The average molecular weight is 636 g/mol. The zero-order valence-corrected chi connectivity index (χ0v) is 23.2. The van der Waals surface area contributed by atoms with E-state index in [0.717, 1.165) is 12.1 Å². The molecule has 0 spiro atoms. The second-order valence-electron chi connectivity index (χ2n) is 9.75. The van der Waals surface area contributed by atoms with Gasteiger partial charge in [-0.1, -0.05) is 11.6 Å². The molecule has 0 radical (unpaired) electrons. The number of nitrogens with zero attached hydrogens (tertiary/aromatic N) is 1. The van der Waals surface area contributed by atoms with Crippen LogP contribution in [0, 0.1) is 11.6 Å². The van der Waals surface area contributed by atoms with Crippen LogP contribution >= 0.6 is 11.6 Å². The Hall–Kier alpha value is -4.36. The van der Waals surface area contributed by atoms with Crippen LogP contribution in [0.3, 0.4) is 0 Å². The summed E-state index contributed by atoms with van der Waals surface area (Å²) in [7, 11) is -3.84. The number of carbonyl (C=O) groups is 2. The number of nitrogens with one attached hydrogen (secondary N) is 2. The van der Waals surface area contributed by atoms with Gasteiger partial charge in [-0.15, -0.1) is 0 Å². The minimum absolute atomic E-state index is 0.0563. The molecule has 2 N–H and O–H groups in total. The molecule has 4 aromatic rings. The molecule has 1 aliphatic heterocycles. The van der Waals surface area contributed by atoms with E-state index in [1.165, 1.54) is 42.7 Å². The molecule has 3 aromatic carbocycles. The third-order valence-corrected chi connectivity index (χ3v) is 8.47. The molecule has 222 valence electrons. The fraction of sp³-hybridized carbons (Fsp3) is 0.138. The van der Waals surface area contributed by atoms with Gasteiger partial charge in [0, 0.05) is 45.4 Å². The van der Waals surface area contributed by atoms with E-state index in [4.69, 9.17) is 11.6 Å². The van der Waals surface area contributed by atoms with Gasteiger partial charge in [-0.3, -0.25) is 14.6 Å². The van der Waals surface area contributed by atoms with E-state index in [-0.39, 0.29) is 44.8 Å². The molecule has 14 heteroatoms. The number of pyridine rings is 1. The van der Waals surface area contributed by atoms with Crippen LogP contribution in [0.15, 0.2) is 73.1 Å². The second-order valence-corrected chi connectivity index (χ2v) is 12.2. The Morgan fingerprint density at radius 3 is 2.33 bits per heavy atom. The van der Waals surface area contributed by atoms with Crippen LogP contribution in [-0.4, -0.2) is 25.2 Å². The van der Waals surface area contributed by atoms with Crippen LogP contribution < -0.4 is 10.6 Å². The van der Waals surface area contributed by atoms with Gasteiger partial charge in [0.25, 0.3) is 11.8 Å².